The normalized spacial score (nSPS) is 11.3. The van der Waals surface area contributed by atoms with Gasteiger partial charge in [0.15, 0.2) is 0 Å². The van der Waals surface area contributed by atoms with Crippen molar-refractivity contribution in [3.63, 3.8) is 0 Å². The maximum Gasteiger partial charge on any atom is 0.248 e. The van der Waals surface area contributed by atoms with Crippen molar-refractivity contribution in [2.24, 2.45) is 5.73 Å². The van der Waals surface area contributed by atoms with E-state index >= 15 is 0 Å². The van der Waals surface area contributed by atoms with Crippen LogP contribution in [0, 0.1) is 5.82 Å². The Kier molecular flexibility index (Phi) is 4.50. The van der Waals surface area contributed by atoms with E-state index < -0.39 is 5.91 Å². The number of hydrogen-bond acceptors (Lipinski definition) is 2. The number of amides is 1. The summed E-state index contributed by atoms with van der Waals surface area (Å²) < 4.78 is 13.8. The minimum atomic E-state index is -0.559. The zero-order valence-electron chi connectivity index (χ0n) is 13.1. The molecule has 1 amide bonds. The number of carbonyl (C=O) groups excluding carboxylic acids is 1. The summed E-state index contributed by atoms with van der Waals surface area (Å²) in [5, 5.41) is 3.15. The van der Waals surface area contributed by atoms with Crippen LogP contribution in [0.3, 0.4) is 0 Å². The van der Waals surface area contributed by atoms with Gasteiger partial charge in [-0.2, -0.15) is 0 Å². The molecule has 0 spiro atoms. The first-order valence-electron chi connectivity index (χ1n) is 7.20. The van der Waals surface area contributed by atoms with Crippen LogP contribution in [0.1, 0.15) is 42.3 Å². The van der Waals surface area contributed by atoms with Gasteiger partial charge in [0.25, 0.3) is 0 Å². The maximum atomic E-state index is 13.8. The van der Waals surface area contributed by atoms with Gasteiger partial charge in [-0.25, -0.2) is 4.39 Å². The van der Waals surface area contributed by atoms with Crippen LogP contribution in [-0.4, -0.2) is 5.91 Å². The van der Waals surface area contributed by atoms with Crippen LogP contribution in [0.2, 0.25) is 0 Å². The molecule has 0 aliphatic carbocycles. The molecule has 0 bridgehead atoms. The van der Waals surface area contributed by atoms with Gasteiger partial charge >= 0.3 is 0 Å². The van der Waals surface area contributed by atoms with E-state index in [1.807, 2.05) is 12.1 Å². The first-order chi connectivity index (χ1) is 10.3. The lowest BCUT2D eigenvalue weighted by atomic mass is 9.87. The highest BCUT2D eigenvalue weighted by atomic mass is 19.1. The predicted octanol–water partition coefficient (Wildman–Crippen LogP) is 3.83. The molecule has 0 aliphatic heterocycles. The van der Waals surface area contributed by atoms with Crippen LogP contribution in [0.4, 0.5) is 10.1 Å². The highest BCUT2D eigenvalue weighted by Gasteiger charge is 2.13. The second-order valence-electron chi connectivity index (χ2n) is 6.35. The Hall–Kier alpha value is -2.36. The molecule has 0 unspecified atom stereocenters. The summed E-state index contributed by atoms with van der Waals surface area (Å²) >= 11 is 0. The summed E-state index contributed by atoms with van der Waals surface area (Å²) in [6.45, 7) is 6.75. The van der Waals surface area contributed by atoms with Gasteiger partial charge < -0.3 is 11.1 Å². The lowest BCUT2D eigenvalue weighted by Gasteiger charge is -2.19. The molecule has 4 heteroatoms. The average Bonchev–Trinajstić information content (AvgIpc) is 2.45. The van der Waals surface area contributed by atoms with Gasteiger partial charge in [0.1, 0.15) is 5.82 Å². The molecular formula is C18H21FN2O. The first-order valence-corrected chi connectivity index (χ1v) is 7.20. The first kappa shape index (κ1) is 16.0. The van der Waals surface area contributed by atoms with Crippen LogP contribution < -0.4 is 11.1 Å². The lowest BCUT2D eigenvalue weighted by molar-refractivity contribution is 0.1000. The number of primary amides is 1. The van der Waals surface area contributed by atoms with Gasteiger partial charge in [0.05, 0.1) is 0 Å². The number of anilines is 1. The second-order valence-corrected chi connectivity index (χ2v) is 6.35. The van der Waals surface area contributed by atoms with Crippen molar-refractivity contribution >= 4 is 11.6 Å². The zero-order chi connectivity index (χ0) is 16.3. The summed E-state index contributed by atoms with van der Waals surface area (Å²) in [5.41, 5.74) is 8.17. The molecule has 0 fully saturated rings. The smallest absolute Gasteiger partial charge is 0.248 e. The standard InChI is InChI=1S/C18H21FN2O/c1-18(2,3)14-5-7-15(8-6-14)21-11-13-10-12(17(20)22)4-9-16(13)19/h4-10,21H,11H2,1-3H3,(H2,20,22). The largest absolute Gasteiger partial charge is 0.381 e. The van der Waals surface area contributed by atoms with Crippen molar-refractivity contribution in [3.05, 3.63) is 65.0 Å². The third-order valence-electron chi connectivity index (χ3n) is 3.56. The number of rotatable bonds is 4. The molecule has 116 valence electrons. The number of halogens is 1. The molecule has 0 saturated carbocycles. The van der Waals surface area contributed by atoms with Crippen molar-refractivity contribution in [3.8, 4) is 0 Å². The summed E-state index contributed by atoms with van der Waals surface area (Å²) in [7, 11) is 0. The fourth-order valence-corrected chi connectivity index (χ4v) is 2.15. The quantitative estimate of drug-likeness (QED) is 0.901. The molecule has 0 saturated heterocycles. The zero-order valence-corrected chi connectivity index (χ0v) is 13.1. The van der Waals surface area contributed by atoms with Crippen molar-refractivity contribution in [2.75, 3.05) is 5.32 Å². The molecule has 3 nitrogen and oxygen atoms in total. The molecule has 0 heterocycles. The van der Waals surface area contributed by atoms with Gasteiger partial charge in [-0.3, -0.25) is 4.79 Å². The van der Waals surface area contributed by atoms with Gasteiger partial charge in [0.2, 0.25) is 5.91 Å². The Balaban J connectivity index is 2.10. The van der Waals surface area contributed by atoms with E-state index in [2.05, 4.69) is 38.2 Å². The SMILES string of the molecule is CC(C)(C)c1ccc(NCc2cc(C(N)=O)ccc2F)cc1. The molecule has 0 aliphatic rings. The average molecular weight is 300 g/mol. The minimum absolute atomic E-state index is 0.0977. The summed E-state index contributed by atoms with van der Waals surface area (Å²) in [6.07, 6.45) is 0. The van der Waals surface area contributed by atoms with Crippen LogP contribution in [0.15, 0.2) is 42.5 Å². The van der Waals surface area contributed by atoms with Crippen LogP contribution in [0.5, 0.6) is 0 Å². The third-order valence-corrected chi connectivity index (χ3v) is 3.56. The van der Waals surface area contributed by atoms with Gasteiger partial charge in [-0.1, -0.05) is 32.9 Å². The highest BCUT2D eigenvalue weighted by molar-refractivity contribution is 5.92. The van der Waals surface area contributed by atoms with E-state index in [4.69, 9.17) is 5.73 Å². The lowest BCUT2D eigenvalue weighted by Crippen LogP contribution is -2.12. The third kappa shape index (κ3) is 3.85. The predicted molar refractivity (Wildman–Crippen MR) is 87.4 cm³/mol. The maximum absolute atomic E-state index is 13.8. The van der Waals surface area contributed by atoms with E-state index in [0.29, 0.717) is 17.7 Å². The van der Waals surface area contributed by atoms with Crippen LogP contribution >= 0.6 is 0 Å². The van der Waals surface area contributed by atoms with E-state index in [9.17, 15) is 9.18 Å². The van der Waals surface area contributed by atoms with Crippen molar-refractivity contribution in [1.29, 1.82) is 0 Å². The van der Waals surface area contributed by atoms with E-state index in [0.717, 1.165) is 5.69 Å². The number of nitrogens with one attached hydrogen (secondary N) is 1. The molecule has 0 radical (unpaired) electrons. The van der Waals surface area contributed by atoms with Crippen LogP contribution in [-0.2, 0) is 12.0 Å². The number of carbonyl (C=O) groups is 1. The fourth-order valence-electron chi connectivity index (χ4n) is 2.15. The minimum Gasteiger partial charge on any atom is -0.381 e. The summed E-state index contributed by atoms with van der Waals surface area (Å²) in [5.74, 6) is -0.917. The van der Waals surface area contributed by atoms with E-state index in [1.54, 1.807) is 0 Å². The molecule has 0 atom stereocenters. The molecule has 22 heavy (non-hydrogen) atoms. The highest BCUT2D eigenvalue weighted by Crippen LogP contribution is 2.23. The summed E-state index contributed by atoms with van der Waals surface area (Å²) in [6, 6.07) is 12.2. The van der Waals surface area contributed by atoms with Crippen molar-refractivity contribution in [1.82, 2.24) is 0 Å². The molecule has 2 aromatic rings. The summed E-state index contributed by atoms with van der Waals surface area (Å²) in [4.78, 5) is 11.1. The Labute approximate surface area is 130 Å². The molecule has 2 rings (SSSR count). The van der Waals surface area contributed by atoms with Gasteiger partial charge in [0, 0.05) is 23.4 Å². The Bertz CT molecular complexity index is 672. The van der Waals surface area contributed by atoms with Crippen molar-refractivity contribution < 1.29 is 9.18 Å². The Morgan fingerprint density at radius 2 is 1.77 bits per heavy atom. The number of nitrogens with two attached hydrogens (primary N) is 1. The second kappa shape index (κ2) is 6.18. The van der Waals surface area contributed by atoms with Crippen molar-refractivity contribution in [2.45, 2.75) is 32.7 Å². The van der Waals surface area contributed by atoms with E-state index in [-0.39, 0.29) is 11.2 Å². The monoisotopic (exact) mass is 300 g/mol. The molecule has 0 aromatic heterocycles. The van der Waals surface area contributed by atoms with Gasteiger partial charge in [-0.15, -0.1) is 0 Å². The van der Waals surface area contributed by atoms with Gasteiger partial charge in [-0.05, 0) is 41.3 Å². The fraction of sp³-hybridized carbons (Fsp3) is 0.278. The molecular weight excluding hydrogens is 279 g/mol. The Morgan fingerprint density at radius 1 is 1.14 bits per heavy atom. The molecule has 2 aromatic carbocycles. The van der Waals surface area contributed by atoms with E-state index in [1.165, 1.54) is 23.8 Å². The molecule has 3 N–H and O–H groups in total. The topological polar surface area (TPSA) is 55.1 Å². The number of hydrogen-bond donors (Lipinski definition) is 2. The Morgan fingerprint density at radius 3 is 2.32 bits per heavy atom. The van der Waals surface area contributed by atoms with Crippen LogP contribution in [0.25, 0.3) is 0 Å². The number of benzene rings is 2.